The van der Waals surface area contributed by atoms with Crippen molar-refractivity contribution in [3.63, 3.8) is 0 Å². The molecule has 0 bridgehead atoms. The monoisotopic (exact) mass is 268 g/mol. The third-order valence-electron chi connectivity index (χ3n) is 4.77. The molecule has 1 aliphatic heterocycles. The molecule has 0 aromatic carbocycles. The molecule has 5 atom stereocenters. The highest BCUT2D eigenvalue weighted by Crippen LogP contribution is 2.34. The van der Waals surface area contributed by atoms with E-state index in [2.05, 4.69) is 13.8 Å². The minimum absolute atomic E-state index is 0.108. The largest absolute Gasteiger partial charge is 0.377 e. The molecule has 110 valence electrons. The average Bonchev–Trinajstić information content (AvgIpc) is 2.58. The van der Waals surface area contributed by atoms with E-state index in [1.807, 2.05) is 11.8 Å². The quantitative estimate of drug-likeness (QED) is 0.786. The Balaban J connectivity index is 2.01. The number of carbonyl (C=O) groups is 1. The Bertz CT molecular complexity index is 321. The third kappa shape index (κ3) is 3.48. The number of amides is 1. The van der Waals surface area contributed by atoms with Gasteiger partial charge in [0, 0.05) is 31.7 Å². The normalized spacial score (nSPS) is 40.8. The van der Waals surface area contributed by atoms with Crippen molar-refractivity contribution in [2.45, 2.75) is 52.2 Å². The van der Waals surface area contributed by atoms with E-state index in [1.54, 1.807) is 0 Å². The van der Waals surface area contributed by atoms with E-state index in [9.17, 15) is 4.79 Å². The average molecular weight is 268 g/mol. The van der Waals surface area contributed by atoms with Gasteiger partial charge in [0.15, 0.2) is 0 Å². The minimum Gasteiger partial charge on any atom is -0.377 e. The smallest absolute Gasteiger partial charge is 0.226 e. The number of nitrogens with zero attached hydrogens (tertiary/aromatic N) is 1. The summed E-state index contributed by atoms with van der Waals surface area (Å²) in [6.45, 7) is 8.77. The van der Waals surface area contributed by atoms with Crippen LogP contribution in [0.4, 0.5) is 0 Å². The molecule has 2 aliphatic rings. The van der Waals surface area contributed by atoms with Crippen LogP contribution in [0.25, 0.3) is 0 Å². The molecule has 2 rings (SSSR count). The van der Waals surface area contributed by atoms with Gasteiger partial charge in [-0.3, -0.25) is 4.79 Å². The topological polar surface area (TPSA) is 55.6 Å². The SMILES string of the molecule is CC1CN(C(=O)C2CC(N)C(C)CC2C)CCCO1. The lowest BCUT2D eigenvalue weighted by atomic mass is 9.72. The van der Waals surface area contributed by atoms with Gasteiger partial charge in [0.25, 0.3) is 0 Å². The molecule has 4 heteroatoms. The van der Waals surface area contributed by atoms with Crippen molar-refractivity contribution >= 4 is 5.91 Å². The van der Waals surface area contributed by atoms with Crippen molar-refractivity contribution in [3.05, 3.63) is 0 Å². The van der Waals surface area contributed by atoms with Gasteiger partial charge < -0.3 is 15.4 Å². The number of nitrogens with two attached hydrogens (primary N) is 1. The van der Waals surface area contributed by atoms with Crippen LogP contribution in [0.15, 0.2) is 0 Å². The molecule has 1 amide bonds. The van der Waals surface area contributed by atoms with Crippen LogP contribution in [0, 0.1) is 17.8 Å². The highest BCUT2D eigenvalue weighted by atomic mass is 16.5. The summed E-state index contributed by atoms with van der Waals surface area (Å²) in [5, 5.41) is 0. The first-order valence-corrected chi connectivity index (χ1v) is 7.65. The summed E-state index contributed by atoms with van der Waals surface area (Å²) in [6, 6.07) is 0.172. The summed E-state index contributed by atoms with van der Waals surface area (Å²) in [6.07, 6.45) is 3.00. The molecule has 2 fully saturated rings. The fourth-order valence-electron chi connectivity index (χ4n) is 3.46. The molecule has 1 heterocycles. The van der Waals surface area contributed by atoms with Gasteiger partial charge in [-0.05, 0) is 38.0 Å². The number of carbonyl (C=O) groups excluding carboxylic acids is 1. The molecule has 2 N–H and O–H groups in total. The van der Waals surface area contributed by atoms with Gasteiger partial charge in [-0.15, -0.1) is 0 Å². The van der Waals surface area contributed by atoms with Crippen LogP contribution in [0.2, 0.25) is 0 Å². The lowest BCUT2D eigenvalue weighted by molar-refractivity contribution is -0.139. The zero-order chi connectivity index (χ0) is 14.0. The van der Waals surface area contributed by atoms with Crippen molar-refractivity contribution in [3.8, 4) is 0 Å². The number of ether oxygens (including phenoxy) is 1. The number of hydrogen-bond donors (Lipinski definition) is 1. The van der Waals surface area contributed by atoms with Gasteiger partial charge in [-0.25, -0.2) is 0 Å². The first-order valence-electron chi connectivity index (χ1n) is 7.65. The molecule has 0 aromatic heterocycles. The van der Waals surface area contributed by atoms with Crippen LogP contribution in [-0.4, -0.2) is 42.6 Å². The van der Waals surface area contributed by atoms with Crippen molar-refractivity contribution in [2.24, 2.45) is 23.5 Å². The van der Waals surface area contributed by atoms with Gasteiger partial charge in [0.1, 0.15) is 0 Å². The molecule has 0 spiro atoms. The summed E-state index contributed by atoms with van der Waals surface area (Å²) < 4.78 is 5.62. The summed E-state index contributed by atoms with van der Waals surface area (Å²) in [5.41, 5.74) is 6.16. The van der Waals surface area contributed by atoms with E-state index in [1.165, 1.54) is 0 Å². The first kappa shape index (κ1) is 14.8. The first-order chi connectivity index (χ1) is 8.99. The van der Waals surface area contributed by atoms with Crippen LogP contribution >= 0.6 is 0 Å². The van der Waals surface area contributed by atoms with Gasteiger partial charge in [-0.1, -0.05) is 13.8 Å². The Morgan fingerprint density at radius 2 is 1.95 bits per heavy atom. The van der Waals surface area contributed by atoms with E-state index in [-0.39, 0.29) is 18.1 Å². The second kappa shape index (κ2) is 6.23. The Morgan fingerprint density at radius 3 is 2.68 bits per heavy atom. The van der Waals surface area contributed by atoms with Gasteiger partial charge in [0.05, 0.1) is 6.10 Å². The minimum atomic E-state index is 0.108. The maximum atomic E-state index is 12.7. The summed E-state index contributed by atoms with van der Waals surface area (Å²) in [5.74, 6) is 1.39. The lowest BCUT2D eigenvalue weighted by Gasteiger charge is -2.38. The van der Waals surface area contributed by atoms with Crippen LogP contribution in [0.3, 0.4) is 0 Å². The van der Waals surface area contributed by atoms with Crippen molar-refractivity contribution in [1.29, 1.82) is 0 Å². The van der Waals surface area contributed by atoms with Crippen LogP contribution in [0.5, 0.6) is 0 Å². The summed E-state index contributed by atoms with van der Waals surface area (Å²) >= 11 is 0. The lowest BCUT2D eigenvalue weighted by Crippen LogP contribution is -2.47. The van der Waals surface area contributed by atoms with Crippen molar-refractivity contribution in [2.75, 3.05) is 19.7 Å². The van der Waals surface area contributed by atoms with Crippen LogP contribution < -0.4 is 5.73 Å². The second-order valence-corrected chi connectivity index (χ2v) is 6.52. The Hall–Kier alpha value is -0.610. The third-order valence-corrected chi connectivity index (χ3v) is 4.77. The van der Waals surface area contributed by atoms with Crippen molar-refractivity contribution < 1.29 is 9.53 Å². The van der Waals surface area contributed by atoms with E-state index in [0.717, 1.165) is 39.0 Å². The maximum absolute atomic E-state index is 12.7. The van der Waals surface area contributed by atoms with Gasteiger partial charge in [0.2, 0.25) is 5.91 Å². The predicted octanol–water partition coefficient (Wildman–Crippen LogP) is 1.63. The van der Waals surface area contributed by atoms with E-state index < -0.39 is 0 Å². The molecule has 0 aromatic rings. The second-order valence-electron chi connectivity index (χ2n) is 6.52. The summed E-state index contributed by atoms with van der Waals surface area (Å²) in [4.78, 5) is 14.7. The van der Waals surface area contributed by atoms with Crippen LogP contribution in [-0.2, 0) is 9.53 Å². The molecule has 1 aliphatic carbocycles. The molecule has 5 unspecified atom stereocenters. The predicted molar refractivity (Wildman–Crippen MR) is 75.6 cm³/mol. The molecule has 1 saturated carbocycles. The molecular weight excluding hydrogens is 240 g/mol. The Morgan fingerprint density at radius 1 is 1.21 bits per heavy atom. The summed E-state index contributed by atoms with van der Waals surface area (Å²) in [7, 11) is 0. The van der Waals surface area contributed by atoms with E-state index in [0.29, 0.717) is 17.7 Å². The van der Waals surface area contributed by atoms with Crippen molar-refractivity contribution in [1.82, 2.24) is 4.90 Å². The maximum Gasteiger partial charge on any atom is 0.226 e. The molecule has 1 saturated heterocycles. The molecule has 19 heavy (non-hydrogen) atoms. The number of rotatable bonds is 1. The fraction of sp³-hybridized carbons (Fsp3) is 0.933. The zero-order valence-corrected chi connectivity index (χ0v) is 12.5. The molecule has 0 radical (unpaired) electrons. The highest BCUT2D eigenvalue weighted by molar-refractivity contribution is 5.79. The van der Waals surface area contributed by atoms with Gasteiger partial charge >= 0.3 is 0 Å². The molecule has 4 nitrogen and oxygen atoms in total. The standard InChI is InChI=1S/C15H28N2O2/c1-10-7-11(2)14(16)8-13(10)15(18)17-5-4-6-19-12(3)9-17/h10-14H,4-9,16H2,1-3H3. The Kier molecular flexibility index (Phi) is 4.85. The van der Waals surface area contributed by atoms with E-state index in [4.69, 9.17) is 10.5 Å². The van der Waals surface area contributed by atoms with E-state index >= 15 is 0 Å². The van der Waals surface area contributed by atoms with Crippen LogP contribution in [0.1, 0.15) is 40.0 Å². The number of hydrogen-bond acceptors (Lipinski definition) is 3. The zero-order valence-electron chi connectivity index (χ0n) is 12.5. The highest BCUT2D eigenvalue weighted by Gasteiger charge is 2.37. The fourth-order valence-corrected chi connectivity index (χ4v) is 3.46. The Labute approximate surface area is 116 Å². The van der Waals surface area contributed by atoms with Gasteiger partial charge in [-0.2, -0.15) is 0 Å². The molecular formula is C15H28N2O2.